The van der Waals surface area contributed by atoms with E-state index in [4.69, 9.17) is 5.11 Å². The largest absolute Gasteiger partial charge is 0.481 e. The molecule has 0 bridgehead atoms. The first-order valence-corrected chi connectivity index (χ1v) is 6.71. The molecule has 1 saturated carbocycles. The van der Waals surface area contributed by atoms with Gasteiger partial charge in [0.25, 0.3) is 0 Å². The second kappa shape index (κ2) is 5.65. The summed E-state index contributed by atoms with van der Waals surface area (Å²) in [5.41, 5.74) is -0.208. The predicted octanol–water partition coefficient (Wildman–Crippen LogP) is 3.27. The second-order valence-corrected chi connectivity index (χ2v) is 5.52. The molecule has 98 valence electrons. The van der Waals surface area contributed by atoms with Crippen LogP contribution in [0.2, 0.25) is 0 Å². The van der Waals surface area contributed by atoms with Crippen LogP contribution in [0, 0.1) is 17.3 Å². The highest BCUT2D eigenvalue weighted by Gasteiger charge is 2.37. The Balaban J connectivity index is 2.60. The normalized spacial score (nSPS) is 25.6. The zero-order valence-corrected chi connectivity index (χ0v) is 11.2. The lowest BCUT2D eigenvalue weighted by Crippen LogP contribution is -2.35. The first kappa shape index (κ1) is 14.2. The smallest absolute Gasteiger partial charge is 0.306 e. The molecule has 0 aromatic heterocycles. The third-order valence-corrected chi connectivity index (χ3v) is 4.60. The van der Waals surface area contributed by atoms with Crippen molar-refractivity contribution in [3.05, 3.63) is 0 Å². The lowest BCUT2D eigenvalue weighted by atomic mass is 9.70. The lowest BCUT2D eigenvalue weighted by Gasteiger charge is -2.33. The van der Waals surface area contributed by atoms with E-state index in [-0.39, 0.29) is 17.3 Å². The molecule has 3 nitrogen and oxygen atoms in total. The molecule has 1 aliphatic rings. The SMILES string of the molecule is CCC(C)(CC)C(=O)C1CCC(C(=O)O)CC1. The Morgan fingerprint density at radius 3 is 1.82 bits per heavy atom. The molecule has 0 aliphatic heterocycles. The van der Waals surface area contributed by atoms with Crippen molar-refractivity contribution < 1.29 is 14.7 Å². The molecule has 0 spiro atoms. The number of Topliss-reactive ketones (excluding diaryl/α,β-unsaturated/α-hetero) is 1. The monoisotopic (exact) mass is 240 g/mol. The molecule has 0 saturated heterocycles. The molecule has 1 rings (SSSR count). The van der Waals surface area contributed by atoms with Crippen LogP contribution in [0.4, 0.5) is 0 Å². The molecule has 0 heterocycles. The summed E-state index contributed by atoms with van der Waals surface area (Å²) in [6.45, 7) is 6.16. The van der Waals surface area contributed by atoms with Gasteiger partial charge in [0.15, 0.2) is 0 Å². The number of aliphatic carboxylic acids is 1. The van der Waals surface area contributed by atoms with Crippen molar-refractivity contribution in [1.29, 1.82) is 0 Å². The molecule has 0 radical (unpaired) electrons. The maximum atomic E-state index is 12.4. The Bertz CT molecular complexity index is 284. The van der Waals surface area contributed by atoms with Crippen LogP contribution in [0.25, 0.3) is 0 Å². The van der Waals surface area contributed by atoms with Crippen molar-refractivity contribution in [2.75, 3.05) is 0 Å². The topological polar surface area (TPSA) is 54.4 Å². The summed E-state index contributed by atoms with van der Waals surface area (Å²) in [7, 11) is 0. The lowest BCUT2D eigenvalue weighted by molar-refractivity contribution is -0.145. The molecule has 3 heteroatoms. The second-order valence-electron chi connectivity index (χ2n) is 5.52. The van der Waals surface area contributed by atoms with Gasteiger partial charge in [-0.3, -0.25) is 9.59 Å². The fourth-order valence-electron chi connectivity index (χ4n) is 2.69. The molecule has 1 fully saturated rings. The molecule has 0 aromatic rings. The highest BCUT2D eigenvalue weighted by Crippen LogP contribution is 2.37. The molecule has 0 unspecified atom stereocenters. The van der Waals surface area contributed by atoms with Crippen molar-refractivity contribution in [2.24, 2.45) is 17.3 Å². The van der Waals surface area contributed by atoms with E-state index in [2.05, 4.69) is 13.8 Å². The Kier molecular flexibility index (Phi) is 4.72. The summed E-state index contributed by atoms with van der Waals surface area (Å²) in [6, 6.07) is 0. The number of carbonyl (C=O) groups excluding carboxylic acids is 1. The zero-order chi connectivity index (χ0) is 13.1. The van der Waals surface area contributed by atoms with Gasteiger partial charge in [0, 0.05) is 11.3 Å². The average Bonchev–Trinajstić information content (AvgIpc) is 2.37. The van der Waals surface area contributed by atoms with Crippen molar-refractivity contribution >= 4 is 11.8 Å². The fraction of sp³-hybridized carbons (Fsp3) is 0.857. The number of ketones is 1. The van der Waals surface area contributed by atoms with Crippen molar-refractivity contribution in [3.63, 3.8) is 0 Å². The molecular formula is C14H24O3. The molecule has 1 aliphatic carbocycles. The number of carboxylic acid groups (broad SMARTS) is 1. The van der Waals surface area contributed by atoms with Gasteiger partial charge in [0.05, 0.1) is 5.92 Å². The summed E-state index contributed by atoms with van der Waals surface area (Å²) in [5.74, 6) is -0.486. The number of hydrogen-bond donors (Lipinski definition) is 1. The van der Waals surface area contributed by atoms with E-state index >= 15 is 0 Å². The first-order chi connectivity index (χ1) is 7.94. The Morgan fingerprint density at radius 1 is 1.06 bits per heavy atom. The number of carbonyl (C=O) groups is 2. The molecular weight excluding hydrogens is 216 g/mol. The molecule has 0 aromatic carbocycles. The molecule has 17 heavy (non-hydrogen) atoms. The summed E-state index contributed by atoms with van der Waals surface area (Å²) < 4.78 is 0. The third-order valence-electron chi connectivity index (χ3n) is 4.60. The van der Waals surface area contributed by atoms with Crippen LogP contribution in [0.15, 0.2) is 0 Å². The molecule has 0 amide bonds. The zero-order valence-electron chi connectivity index (χ0n) is 11.2. The van der Waals surface area contributed by atoms with Gasteiger partial charge in [-0.05, 0) is 38.5 Å². The minimum atomic E-state index is -0.704. The summed E-state index contributed by atoms with van der Waals surface area (Å²) in [5, 5.41) is 8.93. The van der Waals surface area contributed by atoms with E-state index in [1.807, 2.05) is 6.92 Å². The van der Waals surface area contributed by atoms with E-state index in [0.29, 0.717) is 18.6 Å². The summed E-state index contributed by atoms with van der Waals surface area (Å²) in [4.78, 5) is 23.3. The number of hydrogen-bond acceptors (Lipinski definition) is 2. The Hall–Kier alpha value is -0.860. The van der Waals surface area contributed by atoms with Crippen LogP contribution < -0.4 is 0 Å². The van der Waals surface area contributed by atoms with Gasteiger partial charge in [-0.25, -0.2) is 0 Å². The maximum absolute atomic E-state index is 12.4. The van der Waals surface area contributed by atoms with Crippen LogP contribution in [0.5, 0.6) is 0 Å². The minimum absolute atomic E-state index is 0.0931. The van der Waals surface area contributed by atoms with Crippen LogP contribution in [0.3, 0.4) is 0 Å². The standard InChI is InChI=1S/C14H24O3/c1-4-14(3,5-2)12(15)10-6-8-11(9-7-10)13(16)17/h10-11H,4-9H2,1-3H3,(H,16,17). The third kappa shape index (κ3) is 3.08. The van der Waals surface area contributed by atoms with Gasteiger partial charge >= 0.3 is 5.97 Å². The first-order valence-electron chi connectivity index (χ1n) is 6.71. The van der Waals surface area contributed by atoms with Crippen LogP contribution in [-0.4, -0.2) is 16.9 Å². The van der Waals surface area contributed by atoms with E-state index in [1.165, 1.54) is 0 Å². The van der Waals surface area contributed by atoms with Crippen LogP contribution >= 0.6 is 0 Å². The maximum Gasteiger partial charge on any atom is 0.306 e. The highest BCUT2D eigenvalue weighted by molar-refractivity contribution is 5.86. The fourth-order valence-corrected chi connectivity index (χ4v) is 2.69. The van der Waals surface area contributed by atoms with E-state index in [9.17, 15) is 9.59 Å². The van der Waals surface area contributed by atoms with Crippen molar-refractivity contribution in [2.45, 2.75) is 59.3 Å². The van der Waals surface area contributed by atoms with Gasteiger partial charge in [-0.2, -0.15) is 0 Å². The molecule has 0 atom stereocenters. The van der Waals surface area contributed by atoms with E-state index in [1.54, 1.807) is 0 Å². The van der Waals surface area contributed by atoms with E-state index in [0.717, 1.165) is 25.7 Å². The Morgan fingerprint density at radius 2 is 1.47 bits per heavy atom. The summed E-state index contributed by atoms with van der Waals surface area (Å²) >= 11 is 0. The predicted molar refractivity (Wildman–Crippen MR) is 66.8 cm³/mol. The minimum Gasteiger partial charge on any atom is -0.481 e. The highest BCUT2D eigenvalue weighted by atomic mass is 16.4. The average molecular weight is 240 g/mol. The van der Waals surface area contributed by atoms with Gasteiger partial charge < -0.3 is 5.11 Å². The van der Waals surface area contributed by atoms with Gasteiger partial charge in [-0.15, -0.1) is 0 Å². The number of carboxylic acids is 1. The number of rotatable bonds is 5. The van der Waals surface area contributed by atoms with E-state index < -0.39 is 5.97 Å². The van der Waals surface area contributed by atoms with Crippen LogP contribution in [-0.2, 0) is 9.59 Å². The van der Waals surface area contributed by atoms with Crippen molar-refractivity contribution in [3.8, 4) is 0 Å². The van der Waals surface area contributed by atoms with Gasteiger partial charge in [0.1, 0.15) is 5.78 Å². The quantitative estimate of drug-likeness (QED) is 0.802. The Labute approximate surface area is 104 Å². The van der Waals surface area contributed by atoms with Gasteiger partial charge in [-0.1, -0.05) is 20.8 Å². The molecule has 1 N–H and O–H groups in total. The van der Waals surface area contributed by atoms with Gasteiger partial charge in [0.2, 0.25) is 0 Å². The van der Waals surface area contributed by atoms with Crippen molar-refractivity contribution in [1.82, 2.24) is 0 Å². The van der Waals surface area contributed by atoms with Crippen LogP contribution in [0.1, 0.15) is 59.3 Å². The summed E-state index contributed by atoms with van der Waals surface area (Å²) in [6.07, 6.45) is 4.59.